The van der Waals surface area contributed by atoms with Crippen LogP contribution < -0.4 is 0 Å². The first kappa shape index (κ1) is 14.2. The van der Waals surface area contributed by atoms with Crippen molar-refractivity contribution in [1.82, 2.24) is 0 Å². The predicted molar refractivity (Wildman–Crippen MR) is 43.0 cm³/mol. The number of halogens is 6. The number of thioether (sulfide) groups is 2. The molecule has 86 valence electrons. The van der Waals surface area contributed by atoms with Crippen molar-refractivity contribution in [2.45, 2.75) is 17.1 Å². The zero-order chi connectivity index (χ0) is 11.4. The van der Waals surface area contributed by atoms with E-state index in [1.54, 1.807) is 0 Å². The van der Waals surface area contributed by atoms with Gasteiger partial charge < -0.3 is 5.11 Å². The van der Waals surface area contributed by atoms with E-state index in [1.807, 2.05) is 0 Å². The number of alkyl halides is 6. The predicted octanol–water partition coefficient (Wildman–Crippen LogP) is 2.85. The van der Waals surface area contributed by atoms with Gasteiger partial charge in [-0.2, -0.15) is 26.3 Å². The molecule has 0 aromatic rings. The van der Waals surface area contributed by atoms with Crippen LogP contribution in [0.3, 0.4) is 0 Å². The van der Waals surface area contributed by atoms with Crippen LogP contribution >= 0.6 is 23.5 Å². The summed E-state index contributed by atoms with van der Waals surface area (Å²) in [5.41, 5.74) is -9.05. The Labute approximate surface area is 84.2 Å². The van der Waals surface area contributed by atoms with Gasteiger partial charge in [-0.05, 0) is 23.5 Å². The van der Waals surface area contributed by atoms with Crippen LogP contribution in [0, 0.1) is 0 Å². The summed E-state index contributed by atoms with van der Waals surface area (Å²) in [4.78, 5) is 0. The molecule has 0 spiro atoms. The highest BCUT2D eigenvalue weighted by Gasteiger charge is 2.32. The van der Waals surface area contributed by atoms with Crippen LogP contribution in [0.2, 0.25) is 0 Å². The van der Waals surface area contributed by atoms with Crippen LogP contribution in [0.1, 0.15) is 0 Å². The summed E-state index contributed by atoms with van der Waals surface area (Å²) in [5.74, 6) is -1.57. The van der Waals surface area contributed by atoms with Gasteiger partial charge in [0.25, 0.3) is 0 Å². The van der Waals surface area contributed by atoms with Gasteiger partial charge in [0, 0.05) is 11.5 Å². The molecule has 0 rings (SSSR count). The maximum absolute atomic E-state index is 11.5. The summed E-state index contributed by atoms with van der Waals surface area (Å²) in [5, 5.41) is 8.73. The summed E-state index contributed by atoms with van der Waals surface area (Å²) in [7, 11) is 0. The van der Waals surface area contributed by atoms with Crippen LogP contribution in [-0.4, -0.2) is 33.7 Å². The summed E-state index contributed by atoms with van der Waals surface area (Å²) in [6.45, 7) is 0. The van der Waals surface area contributed by atoms with Gasteiger partial charge in [-0.15, -0.1) is 0 Å². The van der Waals surface area contributed by atoms with E-state index in [-0.39, 0.29) is 0 Å². The standard InChI is InChI=1S/C5H6F6OS2/c6-4(7,8)13-1-3(12)2-14-5(9,10)11/h3,12H,1-2H2. The smallest absolute Gasteiger partial charge is 0.391 e. The molecule has 0 saturated carbocycles. The van der Waals surface area contributed by atoms with Crippen LogP contribution in [-0.2, 0) is 0 Å². The van der Waals surface area contributed by atoms with Gasteiger partial charge in [0.05, 0.1) is 6.10 Å². The molecule has 0 aliphatic heterocycles. The van der Waals surface area contributed by atoms with Crippen molar-refractivity contribution in [3.05, 3.63) is 0 Å². The lowest BCUT2D eigenvalue weighted by Crippen LogP contribution is -2.19. The highest BCUT2D eigenvalue weighted by molar-refractivity contribution is 8.01. The highest BCUT2D eigenvalue weighted by atomic mass is 32.2. The molecule has 0 radical (unpaired) electrons. The van der Waals surface area contributed by atoms with Crippen LogP contribution in [0.15, 0.2) is 0 Å². The maximum Gasteiger partial charge on any atom is 0.441 e. The molecule has 0 aromatic carbocycles. The second kappa shape index (κ2) is 5.36. The number of hydrogen-bond acceptors (Lipinski definition) is 3. The minimum Gasteiger partial charge on any atom is -0.391 e. The van der Waals surface area contributed by atoms with E-state index in [1.165, 1.54) is 0 Å². The molecule has 1 N–H and O–H groups in total. The zero-order valence-corrected chi connectivity index (χ0v) is 8.16. The van der Waals surface area contributed by atoms with E-state index in [9.17, 15) is 26.3 Å². The molecule has 9 heteroatoms. The molecule has 0 aromatic heterocycles. The fourth-order valence-electron chi connectivity index (χ4n) is 0.429. The molecule has 0 unspecified atom stereocenters. The van der Waals surface area contributed by atoms with Crippen molar-refractivity contribution < 1.29 is 31.4 Å². The molecule has 0 aliphatic rings. The molecule has 0 amide bonds. The maximum atomic E-state index is 11.5. The Morgan fingerprint density at radius 1 is 0.857 bits per heavy atom. The van der Waals surface area contributed by atoms with Gasteiger partial charge in [-0.3, -0.25) is 0 Å². The number of aliphatic hydroxyl groups excluding tert-OH is 1. The van der Waals surface area contributed by atoms with Gasteiger partial charge >= 0.3 is 11.0 Å². The molecule has 0 fully saturated rings. The first-order chi connectivity index (χ1) is 6.10. The Hall–Kier alpha value is 0.240. The summed E-state index contributed by atoms with van der Waals surface area (Å²) in [6.07, 6.45) is -1.62. The highest BCUT2D eigenvalue weighted by Crippen LogP contribution is 2.33. The van der Waals surface area contributed by atoms with Crippen molar-refractivity contribution in [2.75, 3.05) is 11.5 Å². The Morgan fingerprint density at radius 3 is 1.36 bits per heavy atom. The zero-order valence-electron chi connectivity index (χ0n) is 6.52. The molecular weight excluding hydrogens is 254 g/mol. The molecule has 0 saturated heterocycles. The van der Waals surface area contributed by atoms with Gasteiger partial charge in [0.1, 0.15) is 0 Å². The van der Waals surface area contributed by atoms with E-state index in [4.69, 9.17) is 5.11 Å². The monoisotopic (exact) mass is 260 g/mol. The fourth-order valence-corrected chi connectivity index (χ4v) is 1.58. The van der Waals surface area contributed by atoms with Gasteiger partial charge in [-0.1, -0.05) is 0 Å². The first-order valence-corrected chi connectivity index (χ1v) is 5.17. The SMILES string of the molecule is OC(CSC(F)(F)F)CSC(F)(F)F. The molecule has 0 atom stereocenters. The number of rotatable bonds is 4. The van der Waals surface area contributed by atoms with Gasteiger partial charge in [0.2, 0.25) is 0 Å². The van der Waals surface area contributed by atoms with Crippen molar-refractivity contribution in [3.8, 4) is 0 Å². The van der Waals surface area contributed by atoms with E-state index >= 15 is 0 Å². The minimum atomic E-state index is -4.52. The third-order valence-electron chi connectivity index (χ3n) is 0.879. The Bertz CT molecular complexity index is 149. The van der Waals surface area contributed by atoms with Crippen molar-refractivity contribution in [1.29, 1.82) is 0 Å². The van der Waals surface area contributed by atoms with Crippen LogP contribution in [0.25, 0.3) is 0 Å². The summed E-state index contributed by atoms with van der Waals surface area (Å²) >= 11 is -1.08. The second-order valence-corrected chi connectivity index (χ2v) is 4.34. The number of aliphatic hydroxyl groups is 1. The van der Waals surface area contributed by atoms with E-state index in [2.05, 4.69) is 0 Å². The van der Waals surface area contributed by atoms with E-state index < -0.39 is 52.2 Å². The lowest BCUT2D eigenvalue weighted by molar-refractivity contribution is -0.0333. The topological polar surface area (TPSA) is 20.2 Å². The van der Waals surface area contributed by atoms with Crippen LogP contribution in [0.5, 0.6) is 0 Å². The van der Waals surface area contributed by atoms with Crippen LogP contribution in [0.4, 0.5) is 26.3 Å². The lowest BCUT2D eigenvalue weighted by Gasteiger charge is -2.12. The van der Waals surface area contributed by atoms with Gasteiger partial charge in [0.15, 0.2) is 0 Å². The lowest BCUT2D eigenvalue weighted by atomic mass is 10.5. The Kier molecular flexibility index (Phi) is 5.45. The molecule has 1 nitrogen and oxygen atoms in total. The molecule has 14 heavy (non-hydrogen) atoms. The van der Waals surface area contributed by atoms with E-state index in [0.717, 1.165) is 0 Å². The first-order valence-electron chi connectivity index (χ1n) is 3.19. The van der Waals surface area contributed by atoms with Crippen molar-refractivity contribution in [2.24, 2.45) is 0 Å². The molecule has 0 aliphatic carbocycles. The Balaban J connectivity index is 3.62. The van der Waals surface area contributed by atoms with E-state index in [0.29, 0.717) is 0 Å². The number of hydrogen-bond donors (Lipinski definition) is 1. The molecule has 0 bridgehead atoms. The second-order valence-electron chi connectivity index (χ2n) is 2.17. The van der Waals surface area contributed by atoms with Crippen molar-refractivity contribution >= 4 is 23.5 Å². The summed E-state index contributed by atoms with van der Waals surface area (Å²) < 4.78 is 69.1. The third-order valence-corrected chi connectivity index (χ3v) is 2.64. The third kappa shape index (κ3) is 10.3. The average Bonchev–Trinajstić information content (AvgIpc) is 1.94. The van der Waals surface area contributed by atoms with Gasteiger partial charge in [-0.25, -0.2) is 0 Å². The Morgan fingerprint density at radius 2 is 1.14 bits per heavy atom. The van der Waals surface area contributed by atoms with Crippen molar-refractivity contribution in [3.63, 3.8) is 0 Å². The molecular formula is C5H6F6OS2. The average molecular weight is 260 g/mol. The normalized spacial score (nSPS) is 13.7. The fraction of sp³-hybridized carbons (Fsp3) is 1.00. The molecule has 0 heterocycles. The summed E-state index contributed by atoms with van der Waals surface area (Å²) in [6, 6.07) is 0. The minimum absolute atomic E-state index is 0.538. The largest absolute Gasteiger partial charge is 0.441 e. The quantitative estimate of drug-likeness (QED) is 0.785.